The Morgan fingerprint density at radius 1 is 1.20 bits per heavy atom. The third-order valence-corrected chi connectivity index (χ3v) is 3.25. The van der Waals surface area contributed by atoms with Crippen LogP contribution in [0, 0.1) is 5.92 Å². The molecule has 0 amide bonds. The van der Waals surface area contributed by atoms with Gasteiger partial charge in [-0.05, 0) is 39.0 Å². The van der Waals surface area contributed by atoms with E-state index in [1.165, 1.54) is 12.8 Å². The summed E-state index contributed by atoms with van der Waals surface area (Å²) in [6.07, 6.45) is 3.67. The molecule has 0 atom stereocenters. The molecule has 2 rings (SSSR count). The molecule has 0 aliphatic heterocycles. The fourth-order valence-electron chi connectivity index (χ4n) is 1.96. The van der Waals surface area contributed by atoms with Crippen molar-refractivity contribution < 1.29 is 4.74 Å². The van der Waals surface area contributed by atoms with Crippen molar-refractivity contribution in [1.29, 1.82) is 0 Å². The lowest BCUT2D eigenvalue weighted by molar-refractivity contribution is 0.312. The molecule has 0 bridgehead atoms. The number of hydrogen-bond acceptors (Lipinski definition) is 6. The van der Waals surface area contributed by atoms with E-state index in [1.54, 1.807) is 0 Å². The van der Waals surface area contributed by atoms with Gasteiger partial charge in [-0.25, -0.2) is 0 Å². The Hall–Kier alpha value is -1.59. The number of anilines is 2. The van der Waals surface area contributed by atoms with Crippen LogP contribution in [0.25, 0.3) is 0 Å². The van der Waals surface area contributed by atoms with Crippen LogP contribution < -0.4 is 15.0 Å². The van der Waals surface area contributed by atoms with Crippen molar-refractivity contribution in [2.45, 2.75) is 40.0 Å². The molecule has 6 nitrogen and oxygen atoms in total. The number of rotatable bonds is 9. The summed E-state index contributed by atoms with van der Waals surface area (Å²) in [6.45, 7) is 9.52. The van der Waals surface area contributed by atoms with Gasteiger partial charge in [-0.2, -0.15) is 15.0 Å². The maximum absolute atomic E-state index is 5.45. The molecule has 0 unspecified atom stereocenters. The van der Waals surface area contributed by atoms with E-state index in [-0.39, 0.29) is 0 Å². The van der Waals surface area contributed by atoms with Crippen LogP contribution in [0.1, 0.15) is 40.0 Å². The SMILES string of the molecule is CCCNc1nc(OCC)nc(N(CC)CC2CC2)n1. The monoisotopic (exact) mass is 279 g/mol. The minimum atomic E-state index is 0.408. The maximum Gasteiger partial charge on any atom is 0.323 e. The topological polar surface area (TPSA) is 63.2 Å². The van der Waals surface area contributed by atoms with Crippen molar-refractivity contribution in [3.05, 3.63) is 0 Å². The van der Waals surface area contributed by atoms with E-state index >= 15 is 0 Å². The molecule has 0 spiro atoms. The lowest BCUT2D eigenvalue weighted by atomic mass is 10.4. The minimum absolute atomic E-state index is 0.408. The van der Waals surface area contributed by atoms with Crippen LogP contribution >= 0.6 is 0 Å². The fraction of sp³-hybridized carbons (Fsp3) is 0.786. The van der Waals surface area contributed by atoms with E-state index in [2.05, 4.69) is 39.0 Å². The molecule has 1 aliphatic carbocycles. The summed E-state index contributed by atoms with van der Waals surface area (Å²) in [5, 5.41) is 3.21. The zero-order valence-electron chi connectivity index (χ0n) is 12.7. The van der Waals surface area contributed by atoms with Crippen molar-refractivity contribution in [3.8, 4) is 6.01 Å². The van der Waals surface area contributed by atoms with E-state index in [0.29, 0.717) is 18.6 Å². The normalized spacial score (nSPS) is 14.2. The number of ether oxygens (including phenoxy) is 1. The molecule has 1 heterocycles. The first-order chi connectivity index (χ1) is 9.76. The molecule has 1 aromatic rings. The highest BCUT2D eigenvalue weighted by atomic mass is 16.5. The van der Waals surface area contributed by atoms with Gasteiger partial charge in [-0.15, -0.1) is 0 Å². The zero-order valence-corrected chi connectivity index (χ0v) is 12.7. The third kappa shape index (κ3) is 4.21. The second-order valence-corrected chi connectivity index (χ2v) is 5.08. The number of hydrogen-bond donors (Lipinski definition) is 1. The number of aromatic nitrogens is 3. The summed E-state index contributed by atoms with van der Waals surface area (Å²) in [7, 11) is 0. The Bertz CT molecular complexity index is 422. The average Bonchev–Trinajstić information content (AvgIpc) is 3.26. The van der Waals surface area contributed by atoms with Gasteiger partial charge in [0.1, 0.15) is 0 Å². The zero-order chi connectivity index (χ0) is 14.4. The van der Waals surface area contributed by atoms with Crippen LogP contribution in [0.2, 0.25) is 0 Å². The average molecular weight is 279 g/mol. The van der Waals surface area contributed by atoms with Gasteiger partial charge in [0.2, 0.25) is 11.9 Å². The molecule has 1 fully saturated rings. The smallest absolute Gasteiger partial charge is 0.323 e. The standard InChI is InChI=1S/C14H25N5O/c1-4-9-15-12-16-13(18-14(17-12)20-6-3)19(5-2)10-11-7-8-11/h11H,4-10H2,1-3H3,(H,15,16,17,18). The lowest BCUT2D eigenvalue weighted by Crippen LogP contribution is -2.28. The highest BCUT2D eigenvalue weighted by Crippen LogP contribution is 2.30. The van der Waals surface area contributed by atoms with Crippen LogP contribution in [0.15, 0.2) is 0 Å². The van der Waals surface area contributed by atoms with Crippen LogP contribution in [0.3, 0.4) is 0 Å². The number of nitrogens with zero attached hydrogens (tertiary/aromatic N) is 4. The van der Waals surface area contributed by atoms with Gasteiger partial charge >= 0.3 is 6.01 Å². The number of nitrogens with one attached hydrogen (secondary N) is 1. The molecule has 20 heavy (non-hydrogen) atoms. The van der Waals surface area contributed by atoms with Crippen molar-refractivity contribution in [1.82, 2.24) is 15.0 Å². The first kappa shape index (κ1) is 14.8. The summed E-state index contributed by atoms with van der Waals surface area (Å²) in [4.78, 5) is 15.4. The van der Waals surface area contributed by atoms with Crippen molar-refractivity contribution >= 4 is 11.9 Å². The van der Waals surface area contributed by atoms with Crippen molar-refractivity contribution in [2.24, 2.45) is 5.92 Å². The molecule has 6 heteroatoms. The highest BCUT2D eigenvalue weighted by molar-refractivity contribution is 5.38. The Labute approximate surface area is 121 Å². The molecule has 1 aromatic heterocycles. The van der Waals surface area contributed by atoms with E-state index in [9.17, 15) is 0 Å². The first-order valence-electron chi connectivity index (χ1n) is 7.64. The summed E-state index contributed by atoms with van der Waals surface area (Å²) in [6, 6.07) is 0.408. The lowest BCUT2D eigenvalue weighted by Gasteiger charge is -2.21. The minimum Gasteiger partial charge on any atom is -0.464 e. The molecule has 1 saturated carbocycles. The van der Waals surface area contributed by atoms with Crippen LogP contribution in [0.4, 0.5) is 11.9 Å². The Balaban J connectivity index is 2.16. The van der Waals surface area contributed by atoms with E-state index in [4.69, 9.17) is 4.74 Å². The molecular weight excluding hydrogens is 254 g/mol. The first-order valence-corrected chi connectivity index (χ1v) is 7.64. The second-order valence-electron chi connectivity index (χ2n) is 5.08. The Morgan fingerprint density at radius 3 is 2.60 bits per heavy atom. The summed E-state index contributed by atoms with van der Waals surface area (Å²) < 4.78 is 5.45. The van der Waals surface area contributed by atoms with E-state index < -0.39 is 0 Å². The van der Waals surface area contributed by atoms with Crippen molar-refractivity contribution in [3.63, 3.8) is 0 Å². The van der Waals surface area contributed by atoms with Gasteiger partial charge in [-0.3, -0.25) is 0 Å². The van der Waals surface area contributed by atoms with Gasteiger partial charge in [0.25, 0.3) is 0 Å². The fourth-order valence-corrected chi connectivity index (χ4v) is 1.96. The third-order valence-electron chi connectivity index (χ3n) is 3.25. The van der Waals surface area contributed by atoms with Crippen LogP contribution in [-0.4, -0.2) is 41.2 Å². The van der Waals surface area contributed by atoms with Gasteiger partial charge in [0, 0.05) is 19.6 Å². The van der Waals surface area contributed by atoms with Crippen LogP contribution in [0.5, 0.6) is 6.01 Å². The predicted molar refractivity (Wildman–Crippen MR) is 80.4 cm³/mol. The second kappa shape index (κ2) is 7.26. The molecule has 0 radical (unpaired) electrons. The molecular formula is C14H25N5O. The van der Waals surface area contributed by atoms with E-state index in [0.717, 1.165) is 37.9 Å². The molecule has 0 saturated heterocycles. The molecule has 1 N–H and O–H groups in total. The largest absolute Gasteiger partial charge is 0.464 e. The Kier molecular flexibility index (Phi) is 5.38. The molecule has 1 aliphatic rings. The van der Waals surface area contributed by atoms with E-state index in [1.807, 2.05) is 6.92 Å². The predicted octanol–water partition coefficient (Wildman–Crippen LogP) is 2.33. The highest BCUT2D eigenvalue weighted by Gasteiger charge is 2.25. The summed E-state index contributed by atoms with van der Waals surface area (Å²) in [5.41, 5.74) is 0. The van der Waals surface area contributed by atoms with Gasteiger partial charge in [0.05, 0.1) is 6.61 Å². The van der Waals surface area contributed by atoms with Gasteiger partial charge in [-0.1, -0.05) is 6.92 Å². The van der Waals surface area contributed by atoms with Crippen LogP contribution in [-0.2, 0) is 0 Å². The molecule has 112 valence electrons. The summed E-state index contributed by atoms with van der Waals surface area (Å²) >= 11 is 0. The maximum atomic E-state index is 5.45. The van der Waals surface area contributed by atoms with Crippen molar-refractivity contribution in [2.75, 3.05) is 36.5 Å². The van der Waals surface area contributed by atoms with Gasteiger partial charge < -0.3 is 15.0 Å². The van der Waals surface area contributed by atoms with Gasteiger partial charge in [0.15, 0.2) is 0 Å². The molecule has 0 aromatic carbocycles. The Morgan fingerprint density at radius 2 is 2.00 bits per heavy atom. The summed E-state index contributed by atoms with van der Waals surface area (Å²) in [5.74, 6) is 2.13. The quantitative estimate of drug-likeness (QED) is 0.748.